The van der Waals surface area contributed by atoms with Crippen molar-refractivity contribution in [3.8, 4) is 11.3 Å². The number of carboxylic acids is 1. The van der Waals surface area contributed by atoms with Crippen LogP contribution in [0.25, 0.3) is 11.3 Å². The first-order chi connectivity index (χ1) is 10.5. The summed E-state index contributed by atoms with van der Waals surface area (Å²) in [6.45, 7) is 0. The van der Waals surface area contributed by atoms with Gasteiger partial charge >= 0.3 is 12.1 Å². The number of halogens is 7. The van der Waals surface area contributed by atoms with Gasteiger partial charge in [-0.05, 0) is 18.2 Å². The molecule has 0 saturated heterocycles. The molecule has 0 unspecified atom stereocenters. The van der Waals surface area contributed by atoms with E-state index >= 15 is 0 Å². The van der Waals surface area contributed by atoms with Gasteiger partial charge in [0.25, 0.3) is 0 Å². The van der Waals surface area contributed by atoms with Crippen LogP contribution in [0.15, 0.2) is 18.2 Å². The highest BCUT2D eigenvalue weighted by molar-refractivity contribution is 6.34. The first kappa shape index (κ1) is 17.4. The fraction of sp³-hybridized carbons (Fsp3) is 0.0769. The second-order valence-electron chi connectivity index (χ2n) is 4.26. The van der Waals surface area contributed by atoms with E-state index in [-0.39, 0.29) is 6.07 Å². The molecular formula is C13H4Cl2F5NO2. The Labute approximate surface area is 135 Å². The zero-order chi connectivity index (χ0) is 17.5. The number of rotatable bonds is 2. The van der Waals surface area contributed by atoms with Crippen molar-refractivity contribution in [1.29, 1.82) is 0 Å². The van der Waals surface area contributed by atoms with E-state index in [4.69, 9.17) is 28.3 Å². The summed E-state index contributed by atoms with van der Waals surface area (Å²) in [6.07, 6.45) is -5.00. The Morgan fingerprint density at radius 1 is 1.04 bits per heavy atom. The van der Waals surface area contributed by atoms with Gasteiger partial charge in [0, 0.05) is 5.56 Å². The van der Waals surface area contributed by atoms with Crippen molar-refractivity contribution in [2.24, 2.45) is 0 Å². The maximum Gasteiger partial charge on any atom is 0.419 e. The standard InChI is InChI=1S/C13H4Cl2F5NO2/c14-6-2-5(13(18,19)20)8(16)1-4(6)10-9(17)3-7(15)11(21-10)12(22)23/h1-3H,(H,22,23). The Balaban J connectivity index is 2.71. The molecule has 0 bridgehead atoms. The van der Waals surface area contributed by atoms with E-state index in [0.29, 0.717) is 12.1 Å². The van der Waals surface area contributed by atoms with Gasteiger partial charge in [0.05, 0.1) is 15.6 Å². The number of pyridine rings is 1. The number of benzene rings is 1. The summed E-state index contributed by atoms with van der Waals surface area (Å²) < 4.78 is 65.2. The molecule has 1 N–H and O–H groups in total. The minimum atomic E-state index is -5.00. The summed E-state index contributed by atoms with van der Waals surface area (Å²) in [5.74, 6) is -4.47. The molecule has 2 aromatic rings. The topological polar surface area (TPSA) is 50.2 Å². The number of carboxylic acid groups (broad SMARTS) is 1. The van der Waals surface area contributed by atoms with E-state index in [1.165, 1.54) is 0 Å². The molecule has 0 radical (unpaired) electrons. The van der Waals surface area contributed by atoms with Crippen LogP contribution in [0.5, 0.6) is 0 Å². The predicted molar refractivity (Wildman–Crippen MR) is 71.6 cm³/mol. The van der Waals surface area contributed by atoms with Crippen LogP contribution in [-0.2, 0) is 6.18 Å². The van der Waals surface area contributed by atoms with Crippen LogP contribution >= 0.6 is 23.2 Å². The summed E-state index contributed by atoms with van der Waals surface area (Å²) in [6, 6.07) is 1.19. The number of aromatic carboxylic acids is 1. The van der Waals surface area contributed by atoms with Gasteiger partial charge in [-0.3, -0.25) is 0 Å². The lowest BCUT2D eigenvalue weighted by atomic mass is 10.1. The molecule has 0 saturated carbocycles. The number of aromatic nitrogens is 1. The largest absolute Gasteiger partial charge is 0.476 e. The normalized spacial score (nSPS) is 11.6. The van der Waals surface area contributed by atoms with Crippen LogP contribution in [0.4, 0.5) is 22.0 Å². The van der Waals surface area contributed by atoms with Crippen molar-refractivity contribution in [1.82, 2.24) is 4.98 Å². The molecule has 0 spiro atoms. The molecule has 2 rings (SSSR count). The molecule has 0 fully saturated rings. The third-order valence-corrected chi connectivity index (χ3v) is 3.35. The maximum absolute atomic E-state index is 13.9. The summed E-state index contributed by atoms with van der Waals surface area (Å²) in [5.41, 5.74) is -3.66. The van der Waals surface area contributed by atoms with E-state index in [1.54, 1.807) is 0 Å². The highest BCUT2D eigenvalue weighted by Gasteiger charge is 2.35. The Hall–Kier alpha value is -1.93. The van der Waals surface area contributed by atoms with E-state index in [2.05, 4.69) is 4.98 Å². The van der Waals surface area contributed by atoms with Gasteiger partial charge in [0.2, 0.25) is 0 Å². The van der Waals surface area contributed by atoms with Crippen LogP contribution in [0, 0.1) is 11.6 Å². The number of hydrogen-bond acceptors (Lipinski definition) is 2. The molecule has 1 aromatic heterocycles. The van der Waals surface area contributed by atoms with Crippen LogP contribution < -0.4 is 0 Å². The molecule has 3 nitrogen and oxygen atoms in total. The smallest absolute Gasteiger partial charge is 0.419 e. The lowest BCUT2D eigenvalue weighted by Gasteiger charge is -2.12. The summed E-state index contributed by atoms with van der Waals surface area (Å²) >= 11 is 11.1. The molecule has 10 heteroatoms. The molecule has 0 aliphatic rings. The van der Waals surface area contributed by atoms with Gasteiger partial charge in [-0.15, -0.1) is 0 Å². The van der Waals surface area contributed by atoms with Crippen LogP contribution in [-0.4, -0.2) is 16.1 Å². The molecule has 23 heavy (non-hydrogen) atoms. The lowest BCUT2D eigenvalue weighted by molar-refractivity contribution is -0.139. The van der Waals surface area contributed by atoms with Gasteiger partial charge in [0.15, 0.2) is 11.5 Å². The van der Waals surface area contributed by atoms with E-state index in [1.807, 2.05) is 0 Å². The fourth-order valence-electron chi connectivity index (χ4n) is 1.75. The van der Waals surface area contributed by atoms with Crippen molar-refractivity contribution in [3.05, 3.63) is 51.1 Å². The fourth-order valence-corrected chi connectivity index (χ4v) is 2.22. The van der Waals surface area contributed by atoms with Gasteiger partial charge in [-0.2, -0.15) is 13.2 Å². The Bertz CT molecular complexity index is 808. The van der Waals surface area contributed by atoms with E-state index in [9.17, 15) is 26.7 Å². The third-order valence-electron chi connectivity index (χ3n) is 2.75. The average Bonchev–Trinajstić information content (AvgIpc) is 2.39. The van der Waals surface area contributed by atoms with Crippen molar-refractivity contribution in [3.63, 3.8) is 0 Å². The zero-order valence-electron chi connectivity index (χ0n) is 10.7. The molecule has 0 atom stereocenters. The van der Waals surface area contributed by atoms with E-state index < -0.39 is 56.3 Å². The summed E-state index contributed by atoms with van der Waals surface area (Å²) in [4.78, 5) is 14.3. The number of carbonyl (C=O) groups is 1. The number of alkyl halides is 3. The Morgan fingerprint density at radius 2 is 1.65 bits per heavy atom. The van der Waals surface area contributed by atoms with Crippen molar-refractivity contribution >= 4 is 29.2 Å². The molecule has 0 aliphatic carbocycles. The quantitative estimate of drug-likeness (QED) is 0.751. The highest BCUT2D eigenvalue weighted by atomic mass is 35.5. The lowest BCUT2D eigenvalue weighted by Crippen LogP contribution is -2.09. The van der Waals surface area contributed by atoms with Crippen molar-refractivity contribution < 1.29 is 31.9 Å². The molecule has 1 aromatic carbocycles. The molecule has 0 amide bonds. The first-order valence-corrected chi connectivity index (χ1v) is 6.44. The minimum Gasteiger partial charge on any atom is -0.476 e. The van der Waals surface area contributed by atoms with Gasteiger partial charge in [-0.1, -0.05) is 23.2 Å². The summed E-state index contributed by atoms with van der Waals surface area (Å²) in [7, 11) is 0. The SMILES string of the molecule is O=C(O)c1nc(-c2cc(F)c(C(F)(F)F)cc2Cl)c(F)cc1Cl. The Kier molecular flexibility index (Phi) is 4.50. The van der Waals surface area contributed by atoms with E-state index in [0.717, 1.165) is 0 Å². The molecule has 122 valence electrons. The van der Waals surface area contributed by atoms with Crippen LogP contribution in [0.3, 0.4) is 0 Å². The number of hydrogen-bond donors (Lipinski definition) is 1. The average molecular weight is 372 g/mol. The first-order valence-electron chi connectivity index (χ1n) is 5.68. The van der Waals surface area contributed by atoms with Gasteiger partial charge in [0.1, 0.15) is 11.5 Å². The second-order valence-corrected chi connectivity index (χ2v) is 5.08. The maximum atomic E-state index is 13.9. The van der Waals surface area contributed by atoms with Gasteiger partial charge in [-0.25, -0.2) is 18.6 Å². The zero-order valence-corrected chi connectivity index (χ0v) is 12.2. The number of nitrogens with zero attached hydrogens (tertiary/aromatic N) is 1. The van der Waals surface area contributed by atoms with Gasteiger partial charge < -0.3 is 5.11 Å². The molecule has 1 heterocycles. The monoisotopic (exact) mass is 371 g/mol. The van der Waals surface area contributed by atoms with Crippen LogP contribution in [0.1, 0.15) is 16.1 Å². The molecule has 0 aliphatic heterocycles. The minimum absolute atomic E-state index is 0.266. The third kappa shape index (κ3) is 3.37. The van der Waals surface area contributed by atoms with Crippen molar-refractivity contribution in [2.45, 2.75) is 6.18 Å². The highest BCUT2D eigenvalue weighted by Crippen LogP contribution is 2.38. The Morgan fingerprint density at radius 3 is 2.17 bits per heavy atom. The second kappa shape index (κ2) is 5.93. The molecular weight excluding hydrogens is 368 g/mol. The summed E-state index contributed by atoms with van der Waals surface area (Å²) in [5, 5.41) is 7.70. The predicted octanol–water partition coefficient (Wildman–Crippen LogP) is 5.05. The van der Waals surface area contributed by atoms with Crippen molar-refractivity contribution in [2.75, 3.05) is 0 Å². The van der Waals surface area contributed by atoms with Crippen LogP contribution in [0.2, 0.25) is 10.0 Å².